The highest BCUT2D eigenvalue weighted by atomic mass is 35.5. The van der Waals surface area contributed by atoms with Crippen molar-refractivity contribution < 1.29 is 9.18 Å². The summed E-state index contributed by atoms with van der Waals surface area (Å²) in [4.78, 5) is 22.5. The van der Waals surface area contributed by atoms with E-state index in [2.05, 4.69) is 0 Å². The van der Waals surface area contributed by atoms with Gasteiger partial charge in [-0.3, -0.25) is 9.69 Å². The molecule has 1 heterocycles. The molecule has 0 saturated carbocycles. The maximum Gasteiger partial charge on any atom is 0.229 e. The van der Waals surface area contributed by atoms with Gasteiger partial charge in [0.15, 0.2) is 5.13 Å². The Balaban J connectivity index is 0.00000320. The van der Waals surface area contributed by atoms with Gasteiger partial charge in [0.1, 0.15) is 5.82 Å². The molecule has 0 aliphatic carbocycles. The number of likely N-dealkylation sites (N-methyl/N-ethyl adjacent to an activating group) is 1. The summed E-state index contributed by atoms with van der Waals surface area (Å²) < 4.78 is 14.0. The van der Waals surface area contributed by atoms with Crippen molar-refractivity contribution in [3.05, 3.63) is 52.8 Å². The van der Waals surface area contributed by atoms with Crippen molar-refractivity contribution >= 4 is 68.4 Å². The van der Waals surface area contributed by atoms with Crippen molar-refractivity contribution in [2.45, 2.75) is 18.2 Å². The SMILES string of the molecule is Cc1cc(Cl)cc2sc(N(CCN(C)C)C(=O)CCSc3ccc(F)cc3)nc12.Cl. The van der Waals surface area contributed by atoms with E-state index in [0.29, 0.717) is 28.9 Å². The molecule has 0 radical (unpaired) electrons. The molecule has 0 fully saturated rings. The number of nitrogens with zero attached hydrogens (tertiary/aromatic N) is 3. The molecular formula is C21H24Cl2FN3OS2. The van der Waals surface area contributed by atoms with E-state index >= 15 is 0 Å². The largest absolute Gasteiger partial charge is 0.308 e. The number of carbonyl (C=O) groups excluding carboxylic acids is 1. The van der Waals surface area contributed by atoms with Gasteiger partial charge >= 0.3 is 0 Å². The number of fused-ring (bicyclic) bond motifs is 1. The summed E-state index contributed by atoms with van der Waals surface area (Å²) in [6.07, 6.45) is 0.380. The molecule has 0 unspecified atom stereocenters. The van der Waals surface area contributed by atoms with Crippen LogP contribution in [0.15, 0.2) is 41.3 Å². The number of halogens is 3. The molecule has 0 N–H and O–H groups in total. The van der Waals surface area contributed by atoms with E-state index in [4.69, 9.17) is 16.6 Å². The predicted octanol–water partition coefficient (Wildman–Crippen LogP) is 5.90. The lowest BCUT2D eigenvalue weighted by Gasteiger charge is -2.22. The van der Waals surface area contributed by atoms with Crippen LogP contribution in [0.1, 0.15) is 12.0 Å². The Morgan fingerprint density at radius 2 is 1.90 bits per heavy atom. The van der Waals surface area contributed by atoms with Gasteiger partial charge in [-0.15, -0.1) is 24.2 Å². The molecular weight excluding hydrogens is 464 g/mol. The van der Waals surface area contributed by atoms with E-state index in [1.54, 1.807) is 28.8 Å². The van der Waals surface area contributed by atoms with Crippen LogP contribution in [0.4, 0.5) is 9.52 Å². The van der Waals surface area contributed by atoms with Crippen LogP contribution < -0.4 is 4.90 Å². The monoisotopic (exact) mass is 487 g/mol. The second-order valence-corrected chi connectivity index (χ2v) is 9.58. The minimum atomic E-state index is -0.258. The molecule has 2 aromatic carbocycles. The topological polar surface area (TPSA) is 36.4 Å². The first-order valence-corrected chi connectivity index (χ1v) is 11.4. The van der Waals surface area contributed by atoms with Gasteiger partial charge in [-0.25, -0.2) is 9.37 Å². The molecule has 30 heavy (non-hydrogen) atoms. The average Bonchev–Trinajstić information content (AvgIpc) is 3.07. The molecule has 3 rings (SSSR count). The molecule has 0 bridgehead atoms. The lowest BCUT2D eigenvalue weighted by molar-refractivity contribution is -0.118. The Morgan fingerprint density at radius 1 is 1.20 bits per heavy atom. The van der Waals surface area contributed by atoms with Gasteiger partial charge in [-0.2, -0.15) is 0 Å². The molecule has 1 aromatic heterocycles. The number of hydrogen-bond acceptors (Lipinski definition) is 5. The van der Waals surface area contributed by atoms with Gasteiger partial charge in [0.05, 0.1) is 10.2 Å². The predicted molar refractivity (Wildman–Crippen MR) is 129 cm³/mol. The standard InChI is InChI=1S/C21H23ClFN3OS2.ClH/c1-14-12-15(22)13-18-20(14)24-21(29-18)26(10-9-25(2)3)19(27)8-11-28-17-6-4-16(23)5-7-17;/h4-7,12-13H,8-11H2,1-3H3;1H. The van der Waals surface area contributed by atoms with Crippen LogP contribution in [0.2, 0.25) is 5.02 Å². The fraction of sp³-hybridized carbons (Fsp3) is 0.333. The van der Waals surface area contributed by atoms with Crippen LogP contribution >= 0.6 is 47.1 Å². The zero-order chi connectivity index (χ0) is 21.0. The maximum absolute atomic E-state index is 13.0. The van der Waals surface area contributed by atoms with Crippen molar-refractivity contribution in [2.24, 2.45) is 0 Å². The van der Waals surface area contributed by atoms with Gasteiger partial charge in [-0.1, -0.05) is 22.9 Å². The highest BCUT2D eigenvalue weighted by Crippen LogP contribution is 2.33. The molecule has 0 atom stereocenters. The second-order valence-electron chi connectivity index (χ2n) is 6.97. The summed E-state index contributed by atoms with van der Waals surface area (Å²) in [7, 11) is 3.96. The Labute approximate surface area is 195 Å². The van der Waals surface area contributed by atoms with Gasteiger partial charge in [0.2, 0.25) is 5.91 Å². The van der Waals surface area contributed by atoms with Crippen molar-refractivity contribution in [1.82, 2.24) is 9.88 Å². The molecule has 162 valence electrons. The number of aryl methyl sites for hydroxylation is 1. The fourth-order valence-electron chi connectivity index (χ4n) is 2.81. The number of thioether (sulfide) groups is 1. The third-order valence-electron chi connectivity index (χ3n) is 4.34. The van der Waals surface area contributed by atoms with E-state index in [-0.39, 0.29) is 24.1 Å². The fourth-order valence-corrected chi connectivity index (χ4v) is 5.11. The minimum Gasteiger partial charge on any atom is -0.308 e. The third kappa shape index (κ3) is 6.56. The molecule has 0 saturated heterocycles. The van der Waals surface area contributed by atoms with E-state index in [9.17, 15) is 9.18 Å². The summed E-state index contributed by atoms with van der Waals surface area (Å²) in [5.74, 6) is 0.398. The Kier molecular flexibility index (Phi) is 9.37. The first kappa shape index (κ1) is 24.9. The zero-order valence-electron chi connectivity index (χ0n) is 17.0. The maximum atomic E-state index is 13.0. The Bertz CT molecular complexity index is 996. The highest BCUT2D eigenvalue weighted by molar-refractivity contribution is 7.99. The Morgan fingerprint density at radius 3 is 2.57 bits per heavy atom. The number of rotatable bonds is 8. The molecule has 0 spiro atoms. The van der Waals surface area contributed by atoms with Crippen molar-refractivity contribution in [3.63, 3.8) is 0 Å². The summed E-state index contributed by atoms with van der Waals surface area (Å²) >= 11 is 9.21. The lowest BCUT2D eigenvalue weighted by atomic mass is 10.2. The summed E-state index contributed by atoms with van der Waals surface area (Å²) in [6.45, 7) is 3.29. The number of hydrogen-bond donors (Lipinski definition) is 0. The van der Waals surface area contributed by atoms with Crippen molar-refractivity contribution in [1.29, 1.82) is 0 Å². The summed E-state index contributed by atoms with van der Waals surface area (Å²) in [5, 5.41) is 1.37. The number of anilines is 1. The van der Waals surface area contributed by atoms with Crippen LogP contribution in [0.5, 0.6) is 0 Å². The first-order chi connectivity index (χ1) is 13.8. The Hall–Kier alpha value is -1.38. The van der Waals surface area contributed by atoms with E-state index in [1.165, 1.54) is 23.5 Å². The molecule has 9 heteroatoms. The average molecular weight is 488 g/mol. The number of carbonyl (C=O) groups is 1. The van der Waals surface area contributed by atoms with Crippen LogP contribution in [-0.4, -0.2) is 48.7 Å². The van der Waals surface area contributed by atoms with E-state index < -0.39 is 0 Å². The summed E-state index contributed by atoms with van der Waals surface area (Å²) in [5.41, 5.74) is 1.89. The van der Waals surface area contributed by atoms with E-state index in [1.807, 2.05) is 38.1 Å². The normalized spacial score (nSPS) is 11.0. The molecule has 3 aromatic rings. The number of amides is 1. The quantitative estimate of drug-likeness (QED) is 0.370. The first-order valence-electron chi connectivity index (χ1n) is 9.23. The molecule has 1 amide bonds. The van der Waals surface area contributed by atoms with Gasteiger partial charge in [0, 0.05) is 35.2 Å². The molecule has 0 aliphatic rings. The van der Waals surface area contributed by atoms with Crippen molar-refractivity contribution in [2.75, 3.05) is 37.8 Å². The van der Waals surface area contributed by atoms with Gasteiger partial charge in [-0.05, 0) is 63.0 Å². The number of thiazole rings is 1. The molecule has 0 aliphatic heterocycles. The second kappa shape index (κ2) is 11.3. The van der Waals surface area contributed by atoms with Crippen LogP contribution in [-0.2, 0) is 4.79 Å². The van der Waals surface area contributed by atoms with Crippen LogP contribution in [0.25, 0.3) is 10.2 Å². The lowest BCUT2D eigenvalue weighted by Crippen LogP contribution is -2.36. The van der Waals surface area contributed by atoms with Crippen molar-refractivity contribution in [3.8, 4) is 0 Å². The van der Waals surface area contributed by atoms with Crippen LogP contribution in [0, 0.1) is 12.7 Å². The molecule has 4 nitrogen and oxygen atoms in total. The van der Waals surface area contributed by atoms with E-state index in [0.717, 1.165) is 27.2 Å². The van der Waals surface area contributed by atoms with Gasteiger partial charge in [0.25, 0.3) is 0 Å². The minimum absolute atomic E-state index is 0. The van der Waals surface area contributed by atoms with Crippen LogP contribution in [0.3, 0.4) is 0 Å². The van der Waals surface area contributed by atoms with Gasteiger partial charge < -0.3 is 4.90 Å². The zero-order valence-corrected chi connectivity index (χ0v) is 20.2. The summed E-state index contributed by atoms with van der Waals surface area (Å²) in [6, 6.07) is 10.1. The number of benzene rings is 2. The third-order valence-corrected chi connectivity index (χ3v) is 6.60. The highest BCUT2D eigenvalue weighted by Gasteiger charge is 2.20. The number of aromatic nitrogens is 1. The smallest absolute Gasteiger partial charge is 0.229 e.